The van der Waals surface area contributed by atoms with Crippen LogP contribution in [0.1, 0.15) is 10.4 Å². The average molecular weight is 285 g/mol. The summed E-state index contributed by atoms with van der Waals surface area (Å²) in [5.41, 5.74) is 11.9. The smallest absolute Gasteiger partial charge is 0.251 e. The van der Waals surface area contributed by atoms with Crippen molar-refractivity contribution in [3.8, 4) is 0 Å². The van der Waals surface area contributed by atoms with E-state index in [0.29, 0.717) is 11.3 Å². The summed E-state index contributed by atoms with van der Waals surface area (Å²) < 4.78 is 0. The third kappa shape index (κ3) is 3.93. The molecule has 7 heteroatoms. The molecule has 2 aromatic rings. The van der Waals surface area contributed by atoms with Gasteiger partial charge in [-0.2, -0.15) is 0 Å². The molecule has 0 spiro atoms. The molecule has 0 unspecified atom stereocenters. The minimum absolute atomic E-state index is 0.140. The molecule has 6 N–H and O–H groups in total. The summed E-state index contributed by atoms with van der Waals surface area (Å²) in [4.78, 5) is 27.4. The van der Waals surface area contributed by atoms with Gasteiger partial charge in [-0.15, -0.1) is 0 Å². The molecule has 0 fully saturated rings. The van der Waals surface area contributed by atoms with Gasteiger partial charge in [0.2, 0.25) is 5.91 Å². The number of hydrogen-bond acceptors (Lipinski definition) is 5. The molecule has 0 aliphatic heterocycles. The number of pyridine rings is 1. The molecule has 1 aromatic heterocycles. The van der Waals surface area contributed by atoms with Gasteiger partial charge in [-0.3, -0.25) is 9.59 Å². The van der Waals surface area contributed by atoms with E-state index < -0.39 is 5.91 Å². The normalized spacial score (nSPS) is 9.90. The fraction of sp³-hybridized carbons (Fsp3) is 0.0714. The van der Waals surface area contributed by atoms with Crippen molar-refractivity contribution < 1.29 is 9.59 Å². The number of anilines is 3. The summed E-state index contributed by atoms with van der Waals surface area (Å²) in [6.07, 6.45) is 0. The highest BCUT2D eigenvalue weighted by Crippen LogP contribution is 2.14. The van der Waals surface area contributed by atoms with Crippen LogP contribution in [0.5, 0.6) is 0 Å². The molecular weight excluding hydrogens is 270 g/mol. The molecule has 0 aliphatic carbocycles. The Labute approximate surface area is 121 Å². The Kier molecular flexibility index (Phi) is 4.35. The standard InChI is InChI=1S/C14H15N5O2/c15-10-6-7-11(19-13(10)16)18-12(20)8-17-14(21)9-4-2-1-3-5-9/h1-7H,8,15H2,(H,17,21)(H3,16,18,19,20). The van der Waals surface area contributed by atoms with Crippen molar-refractivity contribution in [3.05, 3.63) is 48.0 Å². The second-order valence-corrected chi connectivity index (χ2v) is 4.27. The fourth-order valence-electron chi connectivity index (χ4n) is 1.59. The number of benzene rings is 1. The lowest BCUT2D eigenvalue weighted by molar-refractivity contribution is -0.115. The molecule has 0 atom stereocenters. The lowest BCUT2D eigenvalue weighted by Crippen LogP contribution is -2.33. The first-order valence-electron chi connectivity index (χ1n) is 6.21. The van der Waals surface area contributed by atoms with Crippen molar-refractivity contribution in [2.75, 3.05) is 23.3 Å². The molecule has 0 aliphatic rings. The summed E-state index contributed by atoms with van der Waals surface area (Å²) in [5, 5.41) is 5.03. The molecule has 0 saturated heterocycles. The van der Waals surface area contributed by atoms with E-state index in [1.807, 2.05) is 0 Å². The van der Waals surface area contributed by atoms with Crippen LogP contribution in [0.3, 0.4) is 0 Å². The quantitative estimate of drug-likeness (QED) is 0.655. The molecule has 0 saturated carbocycles. The van der Waals surface area contributed by atoms with E-state index in [2.05, 4.69) is 15.6 Å². The Morgan fingerprint density at radius 1 is 1.05 bits per heavy atom. The van der Waals surface area contributed by atoms with E-state index in [9.17, 15) is 9.59 Å². The van der Waals surface area contributed by atoms with Crippen LogP contribution in [-0.2, 0) is 4.79 Å². The first-order valence-corrected chi connectivity index (χ1v) is 6.21. The summed E-state index contributed by atoms with van der Waals surface area (Å²) in [5.74, 6) is -0.312. The fourth-order valence-corrected chi connectivity index (χ4v) is 1.59. The van der Waals surface area contributed by atoms with E-state index in [1.54, 1.807) is 36.4 Å². The number of carbonyl (C=O) groups excluding carboxylic acids is 2. The largest absolute Gasteiger partial charge is 0.396 e. The molecule has 108 valence electrons. The van der Waals surface area contributed by atoms with Gasteiger partial charge in [0.15, 0.2) is 0 Å². The number of amides is 2. The Morgan fingerprint density at radius 2 is 1.76 bits per heavy atom. The highest BCUT2D eigenvalue weighted by Gasteiger charge is 2.08. The Morgan fingerprint density at radius 3 is 2.43 bits per heavy atom. The van der Waals surface area contributed by atoms with Crippen molar-refractivity contribution in [2.45, 2.75) is 0 Å². The molecule has 1 heterocycles. The van der Waals surface area contributed by atoms with Gasteiger partial charge in [-0.05, 0) is 24.3 Å². The SMILES string of the molecule is Nc1ccc(NC(=O)CNC(=O)c2ccccc2)nc1N. The third-order valence-corrected chi connectivity index (χ3v) is 2.67. The first kappa shape index (κ1) is 14.3. The van der Waals surface area contributed by atoms with Gasteiger partial charge in [0.1, 0.15) is 11.6 Å². The topological polar surface area (TPSA) is 123 Å². The number of nitrogens with one attached hydrogen (secondary N) is 2. The molecule has 21 heavy (non-hydrogen) atoms. The molecule has 2 rings (SSSR count). The lowest BCUT2D eigenvalue weighted by atomic mass is 10.2. The highest BCUT2D eigenvalue weighted by molar-refractivity contribution is 5.99. The Balaban J connectivity index is 1.87. The molecular formula is C14H15N5O2. The van der Waals surface area contributed by atoms with E-state index >= 15 is 0 Å². The Hall–Kier alpha value is -3.09. The minimum Gasteiger partial charge on any atom is -0.396 e. The number of aromatic nitrogens is 1. The van der Waals surface area contributed by atoms with Crippen LogP contribution in [-0.4, -0.2) is 23.3 Å². The molecule has 1 aromatic carbocycles. The van der Waals surface area contributed by atoms with Gasteiger partial charge in [0, 0.05) is 5.56 Å². The minimum atomic E-state index is -0.407. The summed E-state index contributed by atoms with van der Waals surface area (Å²) in [7, 11) is 0. The predicted octanol–water partition coefficient (Wildman–Crippen LogP) is 0.614. The predicted molar refractivity (Wildman–Crippen MR) is 80.5 cm³/mol. The summed E-state index contributed by atoms with van der Waals surface area (Å²) >= 11 is 0. The Bertz CT molecular complexity index is 658. The van der Waals surface area contributed by atoms with Gasteiger partial charge < -0.3 is 22.1 Å². The van der Waals surface area contributed by atoms with Crippen LogP contribution in [0.2, 0.25) is 0 Å². The number of nitrogens with two attached hydrogens (primary N) is 2. The van der Waals surface area contributed by atoms with Gasteiger partial charge in [0.25, 0.3) is 5.91 Å². The van der Waals surface area contributed by atoms with E-state index in [0.717, 1.165) is 0 Å². The number of nitrogens with zero attached hydrogens (tertiary/aromatic N) is 1. The maximum atomic E-state index is 11.8. The van der Waals surface area contributed by atoms with Crippen molar-refractivity contribution in [2.24, 2.45) is 0 Å². The van der Waals surface area contributed by atoms with Crippen LogP contribution >= 0.6 is 0 Å². The van der Waals surface area contributed by atoms with Crippen LogP contribution in [0.15, 0.2) is 42.5 Å². The average Bonchev–Trinajstić information content (AvgIpc) is 2.49. The first-order chi connectivity index (χ1) is 10.1. The van der Waals surface area contributed by atoms with Gasteiger partial charge in [-0.1, -0.05) is 18.2 Å². The zero-order valence-electron chi connectivity index (χ0n) is 11.2. The summed E-state index contributed by atoms with van der Waals surface area (Å²) in [6.45, 7) is -0.167. The number of rotatable bonds is 4. The van der Waals surface area contributed by atoms with E-state index in [1.165, 1.54) is 6.07 Å². The highest BCUT2D eigenvalue weighted by atomic mass is 16.2. The molecule has 2 amide bonds. The van der Waals surface area contributed by atoms with Crippen molar-refractivity contribution in [1.29, 1.82) is 0 Å². The van der Waals surface area contributed by atoms with Gasteiger partial charge >= 0.3 is 0 Å². The number of hydrogen-bond donors (Lipinski definition) is 4. The zero-order valence-corrected chi connectivity index (χ0v) is 11.2. The zero-order chi connectivity index (χ0) is 15.2. The van der Waals surface area contributed by atoms with Crippen molar-refractivity contribution >= 4 is 29.1 Å². The second-order valence-electron chi connectivity index (χ2n) is 4.27. The number of carbonyl (C=O) groups is 2. The van der Waals surface area contributed by atoms with Gasteiger partial charge in [0.05, 0.1) is 12.2 Å². The second kappa shape index (κ2) is 6.38. The van der Waals surface area contributed by atoms with Crippen LogP contribution < -0.4 is 22.1 Å². The lowest BCUT2D eigenvalue weighted by Gasteiger charge is -2.07. The van der Waals surface area contributed by atoms with Crippen molar-refractivity contribution in [1.82, 2.24) is 10.3 Å². The molecule has 0 bridgehead atoms. The third-order valence-electron chi connectivity index (χ3n) is 2.67. The van der Waals surface area contributed by atoms with Crippen LogP contribution in [0.4, 0.5) is 17.3 Å². The van der Waals surface area contributed by atoms with E-state index in [-0.39, 0.29) is 24.1 Å². The molecule has 7 nitrogen and oxygen atoms in total. The summed E-state index contributed by atoms with van der Waals surface area (Å²) in [6, 6.07) is 11.7. The maximum Gasteiger partial charge on any atom is 0.251 e. The van der Waals surface area contributed by atoms with Crippen LogP contribution in [0, 0.1) is 0 Å². The van der Waals surface area contributed by atoms with Crippen LogP contribution in [0.25, 0.3) is 0 Å². The van der Waals surface area contributed by atoms with E-state index in [4.69, 9.17) is 11.5 Å². The monoisotopic (exact) mass is 285 g/mol. The maximum absolute atomic E-state index is 11.8. The molecule has 0 radical (unpaired) electrons. The van der Waals surface area contributed by atoms with Gasteiger partial charge in [-0.25, -0.2) is 4.98 Å². The van der Waals surface area contributed by atoms with Crippen molar-refractivity contribution in [3.63, 3.8) is 0 Å². The number of nitrogen functional groups attached to an aromatic ring is 2.